The van der Waals surface area contributed by atoms with Crippen molar-refractivity contribution in [2.24, 2.45) is 0 Å². The molecule has 0 spiro atoms. The van der Waals surface area contributed by atoms with Gasteiger partial charge in [0.15, 0.2) is 0 Å². The van der Waals surface area contributed by atoms with E-state index in [4.69, 9.17) is 0 Å². The summed E-state index contributed by atoms with van der Waals surface area (Å²) in [6.07, 6.45) is 6.40. The van der Waals surface area contributed by atoms with Crippen LogP contribution in [-0.2, 0) is 0 Å². The summed E-state index contributed by atoms with van der Waals surface area (Å²) >= 11 is 0. The molecule has 3 heterocycles. The highest BCUT2D eigenvalue weighted by Crippen LogP contribution is 2.21. The first-order chi connectivity index (χ1) is 12.7. The molecule has 1 aromatic heterocycles. The molecule has 1 atom stereocenters. The van der Waals surface area contributed by atoms with Gasteiger partial charge in [-0.2, -0.15) is 0 Å². The molecule has 5 heteroatoms. The average molecular weight is 352 g/mol. The first-order valence-corrected chi connectivity index (χ1v) is 9.77. The standard InChI is InChI=1S/C21H28N4O/c1-24-11-8-19(9-12-24)25-10-4-6-18(15-25)23-21(26)17-13-16-5-2-3-7-20(16)22-14-17/h2-3,5,7,13-14,18-19H,4,6,8-12,15H2,1H3,(H,23,26)/t18-/m0/s1. The minimum atomic E-state index is -0.00141. The fourth-order valence-electron chi connectivity index (χ4n) is 4.28. The molecule has 2 fully saturated rings. The molecular formula is C21H28N4O. The first-order valence-electron chi connectivity index (χ1n) is 9.77. The van der Waals surface area contributed by atoms with E-state index >= 15 is 0 Å². The molecular weight excluding hydrogens is 324 g/mol. The molecule has 2 aliphatic rings. The molecule has 2 saturated heterocycles. The van der Waals surface area contributed by atoms with Gasteiger partial charge in [-0.1, -0.05) is 18.2 Å². The maximum atomic E-state index is 12.7. The Morgan fingerprint density at radius 2 is 1.96 bits per heavy atom. The highest BCUT2D eigenvalue weighted by Gasteiger charge is 2.28. The molecule has 0 unspecified atom stereocenters. The van der Waals surface area contributed by atoms with Crippen LogP contribution in [0.1, 0.15) is 36.0 Å². The fourth-order valence-corrected chi connectivity index (χ4v) is 4.28. The zero-order chi connectivity index (χ0) is 17.9. The van der Waals surface area contributed by atoms with Crippen LogP contribution in [0.4, 0.5) is 0 Å². The van der Waals surface area contributed by atoms with Crippen LogP contribution in [0.15, 0.2) is 36.5 Å². The molecule has 4 rings (SSSR count). The number of benzene rings is 1. The van der Waals surface area contributed by atoms with E-state index in [1.165, 1.54) is 25.9 Å². The number of likely N-dealkylation sites (tertiary alicyclic amines) is 2. The second-order valence-electron chi connectivity index (χ2n) is 7.76. The van der Waals surface area contributed by atoms with Gasteiger partial charge < -0.3 is 10.2 Å². The van der Waals surface area contributed by atoms with Gasteiger partial charge in [0.2, 0.25) is 0 Å². The average Bonchev–Trinajstić information content (AvgIpc) is 2.68. The summed E-state index contributed by atoms with van der Waals surface area (Å²) in [5.74, 6) is -0.00141. The molecule has 2 aromatic rings. The molecule has 0 saturated carbocycles. The van der Waals surface area contributed by atoms with Crippen molar-refractivity contribution in [1.29, 1.82) is 0 Å². The SMILES string of the molecule is CN1CCC(N2CCC[C@H](NC(=O)c3cnc4ccccc4c3)C2)CC1. The molecule has 1 aromatic carbocycles. The molecule has 0 aliphatic carbocycles. The number of hydrogen-bond acceptors (Lipinski definition) is 4. The Balaban J connectivity index is 1.38. The Bertz CT molecular complexity index is 769. The highest BCUT2D eigenvalue weighted by atomic mass is 16.1. The predicted octanol–water partition coefficient (Wildman–Crippen LogP) is 2.52. The smallest absolute Gasteiger partial charge is 0.253 e. The van der Waals surface area contributed by atoms with Crippen molar-refractivity contribution in [3.8, 4) is 0 Å². The van der Waals surface area contributed by atoms with E-state index in [2.05, 4.69) is 27.1 Å². The van der Waals surface area contributed by atoms with Gasteiger partial charge in [0, 0.05) is 30.2 Å². The lowest BCUT2D eigenvalue weighted by molar-refractivity contribution is 0.0766. The quantitative estimate of drug-likeness (QED) is 0.922. The third-order valence-electron chi connectivity index (χ3n) is 5.85. The number of pyridine rings is 1. The van der Waals surface area contributed by atoms with Crippen molar-refractivity contribution in [2.45, 2.75) is 37.8 Å². The third-order valence-corrected chi connectivity index (χ3v) is 5.85. The normalized spacial score (nSPS) is 23.2. The number of carbonyl (C=O) groups is 1. The van der Waals surface area contributed by atoms with Crippen LogP contribution in [0, 0.1) is 0 Å². The van der Waals surface area contributed by atoms with E-state index in [-0.39, 0.29) is 11.9 Å². The summed E-state index contributed by atoms with van der Waals surface area (Å²) in [7, 11) is 2.20. The minimum absolute atomic E-state index is 0.00141. The number of aromatic nitrogens is 1. The van der Waals surface area contributed by atoms with Gasteiger partial charge in [0.05, 0.1) is 11.1 Å². The van der Waals surface area contributed by atoms with Crippen LogP contribution in [0.5, 0.6) is 0 Å². The van der Waals surface area contributed by atoms with E-state index in [0.29, 0.717) is 11.6 Å². The summed E-state index contributed by atoms with van der Waals surface area (Å²) in [5, 5.41) is 4.26. The maximum absolute atomic E-state index is 12.7. The number of para-hydroxylation sites is 1. The van der Waals surface area contributed by atoms with Crippen LogP contribution < -0.4 is 5.32 Å². The van der Waals surface area contributed by atoms with E-state index in [1.807, 2.05) is 30.3 Å². The van der Waals surface area contributed by atoms with Crippen LogP contribution >= 0.6 is 0 Å². The van der Waals surface area contributed by atoms with Gasteiger partial charge in [-0.05, 0) is 64.5 Å². The number of rotatable bonds is 3. The minimum Gasteiger partial charge on any atom is -0.348 e. The molecule has 26 heavy (non-hydrogen) atoms. The van der Waals surface area contributed by atoms with Gasteiger partial charge in [0.25, 0.3) is 5.91 Å². The Morgan fingerprint density at radius 1 is 1.15 bits per heavy atom. The number of fused-ring (bicyclic) bond motifs is 1. The monoisotopic (exact) mass is 352 g/mol. The molecule has 2 aliphatic heterocycles. The molecule has 0 radical (unpaired) electrons. The Labute approximate surface area is 155 Å². The van der Waals surface area contributed by atoms with Gasteiger partial charge in [-0.25, -0.2) is 0 Å². The Kier molecular flexibility index (Phi) is 5.18. The molecule has 1 amide bonds. The van der Waals surface area contributed by atoms with Crippen molar-refractivity contribution < 1.29 is 4.79 Å². The van der Waals surface area contributed by atoms with Crippen LogP contribution in [0.25, 0.3) is 10.9 Å². The zero-order valence-electron chi connectivity index (χ0n) is 15.5. The lowest BCUT2D eigenvalue weighted by Crippen LogP contribution is -2.53. The summed E-state index contributed by atoms with van der Waals surface area (Å²) in [6.45, 7) is 4.50. The number of nitrogens with zero attached hydrogens (tertiary/aromatic N) is 3. The van der Waals surface area contributed by atoms with Crippen molar-refractivity contribution in [3.63, 3.8) is 0 Å². The van der Waals surface area contributed by atoms with Crippen molar-refractivity contribution >= 4 is 16.8 Å². The number of piperidine rings is 2. The Morgan fingerprint density at radius 3 is 2.81 bits per heavy atom. The fraction of sp³-hybridized carbons (Fsp3) is 0.524. The highest BCUT2D eigenvalue weighted by molar-refractivity contribution is 5.97. The van der Waals surface area contributed by atoms with Crippen LogP contribution in [0.3, 0.4) is 0 Å². The first kappa shape index (κ1) is 17.4. The molecule has 0 bridgehead atoms. The largest absolute Gasteiger partial charge is 0.348 e. The van der Waals surface area contributed by atoms with Gasteiger partial charge in [0.1, 0.15) is 0 Å². The van der Waals surface area contributed by atoms with Gasteiger partial charge in [-0.3, -0.25) is 14.7 Å². The number of nitrogens with one attached hydrogen (secondary N) is 1. The van der Waals surface area contributed by atoms with Gasteiger partial charge in [-0.15, -0.1) is 0 Å². The summed E-state index contributed by atoms with van der Waals surface area (Å²) in [6, 6.07) is 10.8. The van der Waals surface area contributed by atoms with E-state index in [1.54, 1.807) is 6.20 Å². The molecule has 5 nitrogen and oxygen atoms in total. The maximum Gasteiger partial charge on any atom is 0.253 e. The lowest BCUT2D eigenvalue weighted by Gasteiger charge is -2.41. The van der Waals surface area contributed by atoms with Crippen LogP contribution in [0.2, 0.25) is 0 Å². The Hall–Kier alpha value is -1.98. The summed E-state index contributed by atoms with van der Waals surface area (Å²) in [4.78, 5) is 22.1. The van der Waals surface area contributed by atoms with E-state index < -0.39 is 0 Å². The second-order valence-corrected chi connectivity index (χ2v) is 7.76. The lowest BCUT2D eigenvalue weighted by atomic mass is 9.98. The van der Waals surface area contributed by atoms with Crippen molar-refractivity contribution in [3.05, 3.63) is 42.1 Å². The predicted molar refractivity (Wildman–Crippen MR) is 104 cm³/mol. The summed E-state index contributed by atoms with van der Waals surface area (Å²) < 4.78 is 0. The van der Waals surface area contributed by atoms with Crippen molar-refractivity contribution in [2.75, 3.05) is 33.2 Å². The zero-order valence-corrected chi connectivity index (χ0v) is 15.5. The molecule has 138 valence electrons. The van der Waals surface area contributed by atoms with E-state index in [9.17, 15) is 4.79 Å². The number of hydrogen-bond donors (Lipinski definition) is 1. The second kappa shape index (κ2) is 7.72. The number of amides is 1. The van der Waals surface area contributed by atoms with E-state index in [0.717, 1.165) is 36.8 Å². The topological polar surface area (TPSA) is 48.5 Å². The van der Waals surface area contributed by atoms with Crippen molar-refractivity contribution in [1.82, 2.24) is 20.1 Å². The van der Waals surface area contributed by atoms with Gasteiger partial charge >= 0.3 is 0 Å². The number of carbonyl (C=O) groups excluding carboxylic acids is 1. The van der Waals surface area contributed by atoms with Crippen LogP contribution in [-0.4, -0.2) is 66.0 Å². The third kappa shape index (κ3) is 3.89. The summed E-state index contributed by atoms with van der Waals surface area (Å²) in [5.41, 5.74) is 1.58. The molecule has 1 N–H and O–H groups in total.